The maximum atomic E-state index is 12.2. The summed E-state index contributed by atoms with van der Waals surface area (Å²) >= 11 is 0. The Morgan fingerprint density at radius 3 is 2.69 bits per heavy atom. The number of urea groups is 1. The van der Waals surface area contributed by atoms with E-state index in [9.17, 15) is 14.7 Å². The van der Waals surface area contributed by atoms with E-state index < -0.39 is 0 Å². The molecule has 2 aromatic rings. The summed E-state index contributed by atoms with van der Waals surface area (Å²) in [7, 11) is 0. The summed E-state index contributed by atoms with van der Waals surface area (Å²) < 4.78 is 0. The molecule has 0 bridgehead atoms. The molecule has 0 aliphatic carbocycles. The van der Waals surface area contributed by atoms with E-state index in [1.807, 2.05) is 24.3 Å². The zero-order valence-electron chi connectivity index (χ0n) is 16.3. The van der Waals surface area contributed by atoms with Gasteiger partial charge >= 0.3 is 6.03 Å². The van der Waals surface area contributed by atoms with Crippen LogP contribution in [0.1, 0.15) is 29.5 Å². The normalized spacial score (nSPS) is 18.8. The Morgan fingerprint density at radius 1 is 1.14 bits per heavy atom. The van der Waals surface area contributed by atoms with Gasteiger partial charge in [0.1, 0.15) is 0 Å². The molecule has 152 valence electrons. The fraction of sp³-hybridized carbons (Fsp3) is 0.364. The van der Waals surface area contributed by atoms with E-state index in [4.69, 9.17) is 0 Å². The first-order chi connectivity index (χ1) is 14.0. The van der Waals surface area contributed by atoms with E-state index in [1.165, 1.54) is 5.56 Å². The largest absolute Gasteiger partial charge is 0.392 e. The molecule has 3 amide bonds. The smallest absolute Gasteiger partial charge is 0.319 e. The average molecular weight is 394 g/mol. The molecule has 0 aromatic heterocycles. The molecular weight excluding hydrogens is 368 g/mol. The van der Waals surface area contributed by atoms with Crippen molar-refractivity contribution in [2.75, 3.05) is 23.7 Å². The molecule has 2 aliphatic heterocycles. The van der Waals surface area contributed by atoms with Crippen LogP contribution in [0.5, 0.6) is 0 Å². The lowest BCUT2D eigenvalue weighted by Gasteiger charge is -2.18. The zero-order valence-corrected chi connectivity index (χ0v) is 16.3. The molecule has 4 N–H and O–H groups in total. The van der Waals surface area contributed by atoms with Gasteiger partial charge in [-0.15, -0.1) is 0 Å². The van der Waals surface area contributed by atoms with Crippen molar-refractivity contribution < 1.29 is 14.7 Å². The van der Waals surface area contributed by atoms with Crippen LogP contribution in [0.15, 0.2) is 42.5 Å². The summed E-state index contributed by atoms with van der Waals surface area (Å²) in [5.74, 6) is 0.0278. The molecule has 0 spiro atoms. The first kappa shape index (κ1) is 19.4. The standard InChI is InChI=1S/C22H26N4O3/c27-19-9-10-26(14-19)13-16-3-1-15(2-4-16)12-23-22(29)24-18-6-7-20-17(11-18)5-8-21(28)25-20/h1-4,6-7,11,19,27H,5,8-10,12-14H2,(H,25,28)(H2,23,24,29). The third kappa shape index (κ3) is 5.13. The summed E-state index contributed by atoms with van der Waals surface area (Å²) in [6, 6.07) is 13.4. The lowest BCUT2D eigenvalue weighted by atomic mass is 10.0. The molecule has 1 saturated heterocycles. The van der Waals surface area contributed by atoms with Gasteiger partial charge in [0.2, 0.25) is 5.91 Å². The van der Waals surface area contributed by atoms with Gasteiger partial charge in [0.05, 0.1) is 6.10 Å². The van der Waals surface area contributed by atoms with Crippen molar-refractivity contribution >= 4 is 23.3 Å². The van der Waals surface area contributed by atoms with Gasteiger partial charge in [-0.05, 0) is 47.7 Å². The van der Waals surface area contributed by atoms with Crippen LogP contribution in [-0.2, 0) is 24.3 Å². The van der Waals surface area contributed by atoms with Gasteiger partial charge < -0.3 is 21.1 Å². The van der Waals surface area contributed by atoms with Gasteiger partial charge in [-0.3, -0.25) is 9.69 Å². The molecule has 1 atom stereocenters. The van der Waals surface area contributed by atoms with Gasteiger partial charge in [0, 0.05) is 44.0 Å². The zero-order chi connectivity index (χ0) is 20.2. The van der Waals surface area contributed by atoms with Gasteiger partial charge in [-0.25, -0.2) is 4.79 Å². The number of hydrogen-bond donors (Lipinski definition) is 4. The van der Waals surface area contributed by atoms with Gasteiger partial charge in [-0.1, -0.05) is 24.3 Å². The van der Waals surface area contributed by atoms with Gasteiger partial charge in [0.15, 0.2) is 0 Å². The molecule has 1 fully saturated rings. The fourth-order valence-electron chi connectivity index (χ4n) is 3.80. The van der Waals surface area contributed by atoms with E-state index in [0.717, 1.165) is 42.9 Å². The number of anilines is 2. The Labute approximate surface area is 170 Å². The van der Waals surface area contributed by atoms with Crippen molar-refractivity contribution in [3.05, 3.63) is 59.2 Å². The quantitative estimate of drug-likeness (QED) is 0.627. The van der Waals surface area contributed by atoms with Crippen LogP contribution in [-0.4, -0.2) is 41.1 Å². The second-order valence-corrected chi connectivity index (χ2v) is 7.72. The van der Waals surface area contributed by atoms with Crippen molar-refractivity contribution in [1.82, 2.24) is 10.2 Å². The number of nitrogens with one attached hydrogen (secondary N) is 3. The number of rotatable bonds is 5. The maximum Gasteiger partial charge on any atom is 0.319 e. The number of benzene rings is 2. The highest BCUT2D eigenvalue weighted by Crippen LogP contribution is 2.25. The lowest BCUT2D eigenvalue weighted by Crippen LogP contribution is -2.28. The number of hydrogen-bond acceptors (Lipinski definition) is 4. The molecule has 29 heavy (non-hydrogen) atoms. The van der Waals surface area contributed by atoms with Crippen LogP contribution in [0.3, 0.4) is 0 Å². The van der Waals surface area contributed by atoms with Crippen molar-refractivity contribution in [1.29, 1.82) is 0 Å². The number of fused-ring (bicyclic) bond motifs is 1. The van der Waals surface area contributed by atoms with Crippen molar-refractivity contribution in [3.63, 3.8) is 0 Å². The molecule has 7 heteroatoms. The van der Waals surface area contributed by atoms with Crippen molar-refractivity contribution in [2.45, 2.75) is 38.5 Å². The second-order valence-electron chi connectivity index (χ2n) is 7.72. The van der Waals surface area contributed by atoms with Crippen LogP contribution < -0.4 is 16.0 Å². The third-order valence-electron chi connectivity index (χ3n) is 5.39. The van der Waals surface area contributed by atoms with E-state index in [1.54, 1.807) is 6.07 Å². The Kier molecular flexibility index (Phi) is 5.78. The van der Waals surface area contributed by atoms with Crippen LogP contribution in [0.2, 0.25) is 0 Å². The maximum absolute atomic E-state index is 12.2. The van der Waals surface area contributed by atoms with E-state index in [-0.39, 0.29) is 18.0 Å². The van der Waals surface area contributed by atoms with Crippen LogP contribution in [0, 0.1) is 0 Å². The second kappa shape index (κ2) is 8.63. The molecule has 4 rings (SSSR count). The number of aliphatic hydroxyl groups excluding tert-OH is 1. The first-order valence-corrected chi connectivity index (χ1v) is 10.0. The summed E-state index contributed by atoms with van der Waals surface area (Å²) in [6.45, 7) is 2.94. The topological polar surface area (TPSA) is 93.7 Å². The summed E-state index contributed by atoms with van der Waals surface area (Å²) in [6.07, 6.45) is 1.79. The van der Waals surface area contributed by atoms with Crippen molar-refractivity contribution in [3.8, 4) is 0 Å². The van der Waals surface area contributed by atoms with E-state index >= 15 is 0 Å². The Bertz CT molecular complexity index is 897. The van der Waals surface area contributed by atoms with Crippen molar-refractivity contribution in [2.24, 2.45) is 0 Å². The molecule has 7 nitrogen and oxygen atoms in total. The van der Waals surface area contributed by atoms with Crippen LogP contribution in [0.25, 0.3) is 0 Å². The molecular formula is C22H26N4O3. The van der Waals surface area contributed by atoms with E-state index in [0.29, 0.717) is 25.1 Å². The van der Waals surface area contributed by atoms with Gasteiger partial charge in [-0.2, -0.15) is 0 Å². The molecule has 0 radical (unpaired) electrons. The number of aryl methyl sites for hydroxylation is 1. The number of carbonyl (C=O) groups excluding carboxylic acids is 2. The fourth-order valence-corrected chi connectivity index (χ4v) is 3.80. The number of carbonyl (C=O) groups is 2. The number of β-amino-alcohol motifs (C(OH)–C–C–N with tert-alkyl or cyclic N) is 1. The lowest BCUT2D eigenvalue weighted by molar-refractivity contribution is -0.116. The Balaban J connectivity index is 1.26. The predicted molar refractivity (Wildman–Crippen MR) is 112 cm³/mol. The Morgan fingerprint density at radius 2 is 1.93 bits per heavy atom. The highest BCUT2D eigenvalue weighted by Gasteiger charge is 2.19. The minimum Gasteiger partial charge on any atom is -0.392 e. The minimum absolute atomic E-state index is 0.0278. The number of aliphatic hydroxyl groups is 1. The molecule has 0 saturated carbocycles. The number of nitrogens with zero attached hydrogens (tertiary/aromatic N) is 1. The first-order valence-electron chi connectivity index (χ1n) is 10.0. The minimum atomic E-state index is -0.264. The molecule has 2 aromatic carbocycles. The molecule has 2 aliphatic rings. The predicted octanol–water partition coefficient (Wildman–Crippen LogP) is 2.46. The third-order valence-corrected chi connectivity index (χ3v) is 5.39. The summed E-state index contributed by atoms with van der Waals surface area (Å²) in [5, 5.41) is 18.2. The highest BCUT2D eigenvalue weighted by molar-refractivity contribution is 5.95. The number of likely N-dealkylation sites (tertiary alicyclic amines) is 1. The number of amides is 3. The molecule has 1 unspecified atom stereocenters. The summed E-state index contributed by atoms with van der Waals surface area (Å²) in [5.41, 5.74) is 4.78. The monoisotopic (exact) mass is 394 g/mol. The van der Waals surface area contributed by atoms with E-state index in [2.05, 4.69) is 33.0 Å². The Hall–Kier alpha value is -2.90. The van der Waals surface area contributed by atoms with Crippen LogP contribution in [0.4, 0.5) is 16.2 Å². The van der Waals surface area contributed by atoms with Gasteiger partial charge in [0.25, 0.3) is 0 Å². The SMILES string of the molecule is O=C1CCc2cc(NC(=O)NCc3ccc(CN4CCC(O)C4)cc3)ccc2N1. The molecule has 2 heterocycles. The summed E-state index contributed by atoms with van der Waals surface area (Å²) in [4.78, 5) is 25.9. The highest BCUT2D eigenvalue weighted by atomic mass is 16.3. The van der Waals surface area contributed by atoms with Crippen LogP contribution >= 0.6 is 0 Å². The average Bonchev–Trinajstić information content (AvgIpc) is 3.12.